The van der Waals surface area contributed by atoms with E-state index >= 15 is 0 Å². The van der Waals surface area contributed by atoms with Crippen LogP contribution in [0.5, 0.6) is 0 Å². The third kappa shape index (κ3) is 2.39. The van der Waals surface area contributed by atoms with E-state index in [1.165, 1.54) is 5.56 Å². The number of imidazole rings is 1. The lowest BCUT2D eigenvalue weighted by Gasteiger charge is -2.22. The van der Waals surface area contributed by atoms with E-state index in [2.05, 4.69) is 4.98 Å². The van der Waals surface area contributed by atoms with E-state index in [1.807, 2.05) is 55.8 Å². The first-order valence-corrected chi connectivity index (χ1v) is 5.83. The molecule has 3 nitrogen and oxygen atoms in total. The molecule has 0 saturated heterocycles. The lowest BCUT2D eigenvalue weighted by atomic mass is 10.0. The van der Waals surface area contributed by atoms with Crippen LogP contribution in [0.15, 0.2) is 36.7 Å². The van der Waals surface area contributed by atoms with E-state index in [0.29, 0.717) is 0 Å². The Morgan fingerprint density at radius 1 is 1.18 bits per heavy atom. The van der Waals surface area contributed by atoms with Gasteiger partial charge in [0, 0.05) is 12.4 Å². The minimum atomic E-state index is -0.511. The second-order valence-corrected chi connectivity index (χ2v) is 4.48. The van der Waals surface area contributed by atoms with E-state index in [-0.39, 0.29) is 6.04 Å². The van der Waals surface area contributed by atoms with Gasteiger partial charge < -0.3 is 9.67 Å². The molecular weight excluding hydrogens is 212 g/mol. The average molecular weight is 230 g/mol. The van der Waals surface area contributed by atoms with Crippen LogP contribution in [0.25, 0.3) is 0 Å². The number of rotatable bonds is 3. The molecule has 1 N–H and O–H groups in total. The van der Waals surface area contributed by atoms with Gasteiger partial charge in [-0.1, -0.05) is 29.8 Å². The minimum Gasteiger partial charge on any atom is -0.386 e. The number of benzene rings is 1. The van der Waals surface area contributed by atoms with Gasteiger partial charge in [-0.25, -0.2) is 4.98 Å². The van der Waals surface area contributed by atoms with E-state index in [4.69, 9.17) is 0 Å². The summed E-state index contributed by atoms with van der Waals surface area (Å²) in [6, 6.07) is 7.98. The van der Waals surface area contributed by atoms with Crippen LogP contribution in [-0.2, 0) is 0 Å². The molecule has 0 aliphatic carbocycles. The van der Waals surface area contributed by atoms with Crippen LogP contribution < -0.4 is 0 Å². The lowest BCUT2D eigenvalue weighted by Crippen LogP contribution is -2.15. The molecule has 2 atom stereocenters. The molecule has 0 saturated carbocycles. The molecule has 0 fully saturated rings. The molecule has 17 heavy (non-hydrogen) atoms. The van der Waals surface area contributed by atoms with Crippen molar-refractivity contribution in [3.63, 3.8) is 0 Å². The van der Waals surface area contributed by atoms with Crippen LogP contribution in [0.3, 0.4) is 0 Å². The zero-order valence-corrected chi connectivity index (χ0v) is 10.5. The Hall–Kier alpha value is -1.61. The summed E-state index contributed by atoms with van der Waals surface area (Å²) in [6.45, 7) is 5.98. The van der Waals surface area contributed by atoms with Gasteiger partial charge in [0.1, 0.15) is 5.82 Å². The highest BCUT2D eigenvalue weighted by Gasteiger charge is 2.18. The molecule has 2 rings (SSSR count). The van der Waals surface area contributed by atoms with E-state index in [9.17, 15) is 5.11 Å². The molecule has 0 radical (unpaired) electrons. The van der Waals surface area contributed by atoms with Crippen molar-refractivity contribution in [2.24, 2.45) is 0 Å². The summed E-state index contributed by atoms with van der Waals surface area (Å²) in [6.07, 6.45) is 3.15. The van der Waals surface area contributed by atoms with Gasteiger partial charge in [-0.3, -0.25) is 0 Å². The van der Waals surface area contributed by atoms with E-state index in [1.54, 1.807) is 6.20 Å². The van der Waals surface area contributed by atoms with Crippen molar-refractivity contribution in [2.75, 3.05) is 0 Å². The maximum atomic E-state index is 10.3. The molecular formula is C14H18N2O. The molecule has 90 valence electrons. The Morgan fingerprint density at radius 3 is 2.35 bits per heavy atom. The molecule has 1 heterocycles. The highest BCUT2D eigenvalue weighted by molar-refractivity contribution is 5.23. The van der Waals surface area contributed by atoms with Crippen molar-refractivity contribution in [3.8, 4) is 0 Å². The predicted octanol–water partition coefficient (Wildman–Crippen LogP) is 2.79. The third-order valence-corrected chi connectivity index (χ3v) is 3.18. The number of hydrogen-bond donors (Lipinski definition) is 1. The van der Waals surface area contributed by atoms with Gasteiger partial charge in [0.2, 0.25) is 0 Å². The molecule has 1 aromatic carbocycles. The van der Waals surface area contributed by atoms with Gasteiger partial charge in [-0.15, -0.1) is 0 Å². The van der Waals surface area contributed by atoms with Crippen LogP contribution in [-0.4, -0.2) is 14.7 Å². The smallest absolute Gasteiger partial charge is 0.105 e. The Labute approximate surface area is 102 Å². The van der Waals surface area contributed by atoms with Gasteiger partial charge in [0.05, 0.1) is 12.1 Å². The van der Waals surface area contributed by atoms with Crippen molar-refractivity contribution in [1.82, 2.24) is 9.55 Å². The fourth-order valence-corrected chi connectivity index (χ4v) is 2.01. The molecule has 3 heteroatoms. The first-order valence-electron chi connectivity index (χ1n) is 5.83. The third-order valence-electron chi connectivity index (χ3n) is 3.18. The normalized spacial score (nSPS) is 14.6. The zero-order chi connectivity index (χ0) is 12.4. The molecule has 2 aromatic rings. The summed E-state index contributed by atoms with van der Waals surface area (Å²) in [4.78, 5) is 4.18. The highest BCUT2D eigenvalue weighted by Crippen LogP contribution is 2.26. The highest BCUT2D eigenvalue weighted by atomic mass is 16.3. The molecule has 0 amide bonds. The quantitative estimate of drug-likeness (QED) is 0.880. The number of aliphatic hydroxyl groups excluding tert-OH is 1. The first-order chi connectivity index (χ1) is 8.09. The van der Waals surface area contributed by atoms with Crippen molar-refractivity contribution >= 4 is 0 Å². The number of aliphatic hydroxyl groups is 1. The van der Waals surface area contributed by atoms with Crippen LogP contribution in [0.2, 0.25) is 0 Å². The topological polar surface area (TPSA) is 38.0 Å². The average Bonchev–Trinajstić information content (AvgIpc) is 2.74. The fraction of sp³-hybridized carbons (Fsp3) is 0.357. The largest absolute Gasteiger partial charge is 0.386 e. The summed E-state index contributed by atoms with van der Waals surface area (Å²) in [5.41, 5.74) is 2.14. The molecule has 1 aromatic heterocycles. The molecule has 0 aliphatic heterocycles. The SMILES string of the molecule is Cc1ccc(C(O)C(C)n2ccnc2C)cc1. The van der Waals surface area contributed by atoms with Gasteiger partial charge in [-0.05, 0) is 26.3 Å². The standard InChI is InChI=1S/C14H18N2O/c1-10-4-6-13(7-5-10)14(17)11(2)16-9-8-15-12(16)3/h4-9,11,14,17H,1-3H3. The maximum absolute atomic E-state index is 10.3. The minimum absolute atomic E-state index is 0.0137. The summed E-state index contributed by atoms with van der Waals surface area (Å²) >= 11 is 0. The van der Waals surface area contributed by atoms with Crippen molar-refractivity contribution in [3.05, 3.63) is 53.6 Å². The van der Waals surface area contributed by atoms with Gasteiger partial charge in [-0.2, -0.15) is 0 Å². The number of nitrogens with zero attached hydrogens (tertiary/aromatic N) is 2. The second kappa shape index (κ2) is 4.72. The van der Waals surface area contributed by atoms with Crippen LogP contribution in [0.1, 0.15) is 36.0 Å². The summed E-state index contributed by atoms with van der Waals surface area (Å²) in [5, 5.41) is 10.3. The lowest BCUT2D eigenvalue weighted by molar-refractivity contribution is 0.121. The first kappa shape index (κ1) is 11.9. The Morgan fingerprint density at radius 2 is 1.82 bits per heavy atom. The van der Waals surface area contributed by atoms with Crippen LogP contribution in [0, 0.1) is 13.8 Å². The fourth-order valence-electron chi connectivity index (χ4n) is 2.01. The number of aromatic nitrogens is 2. The second-order valence-electron chi connectivity index (χ2n) is 4.48. The zero-order valence-electron chi connectivity index (χ0n) is 10.5. The summed E-state index contributed by atoms with van der Waals surface area (Å²) in [7, 11) is 0. The Kier molecular flexibility index (Phi) is 3.29. The predicted molar refractivity (Wildman–Crippen MR) is 67.8 cm³/mol. The molecule has 0 aliphatic rings. The summed E-state index contributed by atoms with van der Waals surface area (Å²) < 4.78 is 1.99. The van der Waals surface area contributed by atoms with Crippen molar-refractivity contribution < 1.29 is 5.11 Å². The Balaban J connectivity index is 2.23. The van der Waals surface area contributed by atoms with Crippen LogP contribution >= 0.6 is 0 Å². The maximum Gasteiger partial charge on any atom is 0.105 e. The molecule has 2 unspecified atom stereocenters. The van der Waals surface area contributed by atoms with Gasteiger partial charge >= 0.3 is 0 Å². The van der Waals surface area contributed by atoms with Crippen LogP contribution in [0.4, 0.5) is 0 Å². The monoisotopic (exact) mass is 230 g/mol. The van der Waals surface area contributed by atoms with E-state index in [0.717, 1.165) is 11.4 Å². The summed E-state index contributed by atoms with van der Waals surface area (Å²) in [5.74, 6) is 0.920. The van der Waals surface area contributed by atoms with Crippen molar-refractivity contribution in [2.45, 2.75) is 32.9 Å². The number of hydrogen-bond acceptors (Lipinski definition) is 2. The molecule has 0 bridgehead atoms. The van der Waals surface area contributed by atoms with Gasteiger partial charge in [0.25, 0.3) is 0 Å². The van der Waals surface area contributed by atoms with E-state index < -0.39 is 6.10 Å². The van der Waals surface area contributed by atoms with Crippen molar-refractivity contribution in [1.29, 1.82) is 0 Å². The van der Waals surface area contributed by atoms with Gasteiger partial charge in [0.15, 0.2) is 0 Å². The molecule has 0 spiro atoms. The number of aryl methyl sites for hydroxylation is 2. The Bertz CT molecular complexity index is 487.